The first-order valence-electron chi connectivity index (χ1n) is 23.5. The van der Waals surface area contributed by atoms with E-state index >= 15 is 0 Å². The summed E-state index contributed by atoms with van der Waals surface area (Å²) in [6.45, 7) is 4.28. The summed E-state index contributed by atoms with van der Waals surface area (Å²) in [5, 5.41) is 33.4. The van der Waals surface area contributed by atoms with E-state index in [9.17, 15) is 20.1 Å². The second-order valence-electron chi connectivity index (χ2n) is 16.4. The summed E-state index contributed by atoms with van der Waals surface area (Å²) in [5.74, 6) is -0.284. The van der Waals surface area contributed by atoms with Gasteiger partial charge in [0.2, 0.25) is 5.91 Å². The molecule has 0 spiro atoms. The fourth-order valence-electron chi connectivity index (χ4n) is 7.46. The molecule has 5 nitrogen and oxygen atoms in total. The number of carbonyl (C=O) groups excluding carboxylic acids is 1. The number of unbranched alkanes of at least 4 members (excludes halogenated alkanes) is 32. The van der Waals surface area contributed by atoms with E-state index < -0.39 is 18.2 Å². The van der Waals surface area contributed by atoms with Crippen LogP contribution in [0.1, 0.15) is 258 Å². The van der Waals surface area contributed by atoms with E-state index in [4.69, 9.17) is 0 Å². The lowest BCUT2D eigenvalue weighted by molar-refractivity contribution is -0.125. The van der Waals surface area contributed by atoms with Gasteiger partial charge in [-0.25, -0.2) is 0 Å². The average molecular weight is 736 g/mol. The van der Waals surface area contributed by atoms with Crippen LogP contribution in [-0.4, -0.2) is 46.1 Å². The first-order chi connectivity index (χ1) is 25.5. The van der Waals surface area contributed by atoms with Crippen molar-refractivity contribution >= 4 is 5.91 Å². The maximum absolute atomic E-state index is 12.5. The molecule has 0 rings (SSSR count). The quantitative estimate of drug-likeness (QED) is 0.0371. The van der Waals surface area contributed by atoms with E-state index in [1.807, 2.05) is 0 Å². The van der Waals surface area contributed by atoms with E-state index in [1.54, 1.807) is 0 Å². The second-order valence-corrected chi connectivity index (χ2v) is 16.4. The Balaban J connectivity index is 3.59. The van der Waals surface area contributed by atoms with Crippen molar-refractivity contribution in [3.63, 3.8) is 0 Å². The highest BCUT2D eigenvalue weighted by Crippen LogP contribution is 2.17. The van der Waals surface area contributed by atoms with Crippen molar-refractivity contribution in [3.8, 4) is 0 Å². The molecule has 52 heavy (non-hydrogen) atoms. The standard InChI is InChI=1S/C47H93NO4/c1-3-5-7-9-11-13-15-17-19-21-22-23-24-25-26-28-30-32-34-36-38-40-44(50)42-47(52)48-45(43-49)46(51)41-39-37-35-33-31-29-27-20-18-16-14-12-10-8-6-4-2/h25-26,44-46,49-51H,3-24,27-43H2,1-2H3,(H,48,52)/b26-25-. The molecule has 5 heteroatoms. The van der Waals surface area contributed by atoms with Crippen molar-refractivity contribution < 1.29 is 20.1 Å². The zero-order valence-electron chi connectivity index (χ0n) is 35.2. The fraction of sp³-hybridized carbons (Fsp3) is 0.936. The molecule has 0 bridgehead atoms. The van der Waals surface area contributed by atoms with Crippen molar-refractivity contribution in [2.75, 3.05) is 6.61 Å². The number of amides is 1. The Morgan fingerprint density at radius 1 is 0.462 bits per heavy atom. The summed E-state index contributed by atoms with van der Waals surface area (Å²) < 4.78 is 0. The first kappa shape index (κ1) is 51.1. The van der Waals surface area contributed by atoms with Gasteiger partial charge in [0.15, 0.2) is 0 Å². The molecule has 0 saturated heterocycles. The second kappa shape index (κ2) is 42.8. The minimum Gasteiger partial charge on any atom is -0.394 e. The van der Waals surface area contributed by atoms with Gasteiger partial charge in [0.25, 0.3) is 0 Å². The van der Waals surface area contributed by atoms with Crippen LogP contribution in [0, 0.1) is 0 Å². The van der Waals surface area contributed by atoms with Gasteiger partial charge in [-0.15, -0.1) is 0 Å². The third-order valence-electron chi connectivity index (χ3n) is 11.1. The number of hydrogen-bond acceptors (Lipinski definition) is 4. The zero-order chi connectivity index (χ0) is 38.0. The van der Waals surface area contributed by atoms with Gasteiger partial charge in [0.1, 0.15) is 0 Å². The molecule has 0 heterocycles. The number of allylic oxidation sites excluding steroid dienone is 2. The Kier molecular flexibility index (Phi) is 42.1. The highest BCUT2D eigenvalue weighted by molar-refractivity contribution is 5.76. The normalized spacial score (nSPS) is 13.6. The molecular weight excluding hydrogens is 643 g/mol. The predicted octanol–water partition coefficient (Wildman–Crippen LogP) is 13.6. The highest BCUT2D eigenvalue weighted by atomic mass is 16.3. The van der Waals surface area contributed by atoms with Gasteiger partial charge in [-0.3, -0.25) is 4.79 Å². The summed E-state index contributed by atoms with van der Waals surface area (Å²) >= 11 is 0. The molecule has 0 aromatic carbocycles. The van der Waals surface area contributed by atoms with Gasteiger partial charge in [-0.2, -0.15) is 0 Å². The summed E-state index contributed by atoms with van der Waals surface area (Å²) in [5.41, 5.74) is 0. The number of carbonyl (C=O) groups is 1. The Labute approximate surface area is 325 Å². The molecule has 0 aliphatic rings. The van der Waals surface area contributed by atoms with Gasteiger partial charge in [-0.1, -0.05) is 225 Å². The molecular formula is C47H93NO4. The number of aliphatic hydroxyl groups excluding tert-OH is 3. The molecule has 0 saturated carbocycles. The van der Waals surface area contributed by atoms with E-state index in [0.29, 0.717) is 12.8 Å². The monoisotopic (exact) mass is 736 g/mol. The lowest BCUT2D eigenvalue weighted by Crippen LogP contribution is -2.46. The maximum Gasteiger partial charge on any atom is 0.222 e. The Morgan fingerprint density at radius 2 is 0.769 bits per heavy atom. The molecule has 3 unspecified atom stereocenters. The van der Waals surface area contributed by atoms with E-state index in [0.717, 1.165) is 25.7 Å². The molecule has 0 fully saturated rings. The van der Waals surface area contributed by atoms with E-state index in [-0.39, 0.29) is 18.9 Å². The smallest absolute Gasteiger partial charge is 0.222 e. The molecule has 0 aromatic heterocycles. The number of nitrogens with one attached hydrogen (secondary N) is 1. The summed E-state index contributed by atoms with van der Waals surface area (Å²) in [6.07, 6.45) is 50.4. The van der Waals surface area contributed by atoms with E-state index in [1.165, 1.54) is 199 Å². The molecule has 0 radical (unpaired) electrons. The van der Waals surface area contributed by atoms with Crippen LogP contribution < -0.4 is 5.32 Å². The largest absolute Gasteiger partial charge is 0.394 e. The van der Waals surface area contributed by atoms with Crippen LogP contribution in [0.15, 0.2) is 12.2 Å². The van der Waals surface area contributed by atoms with Crippen molar-refractivity contribution in [3.05, 3.63) is 12.2 Å². The summed E-state index contributed by atoms with van der Waals surface area (Å²) in [6, 6.07) is -0.658. The highest BCUT2D eigenvalue weighted by Gasteiger charge is 2.21. The van der Waals surface area contributed by atoms with Crippen molar-refractivity contribution in [1.82, 2.24) is 5.32 Å². The summed E-state index contributed by atoms with van der Waals surface area (Å²) in [7, 11) is 0. The van der Waals surface area contributed by atoms with Gasteiger partial charge in [0, 0.05) is 0 Å². The van der Waals surface area contributed by atoms with Crippen LogP contribution in [0.2, 0.25) is 0 Å². The molecule has 0 aliphatic carbocycles. The SMILES string of the molecule is CCCCCCCCCCCCCC/C=C\CCCCCCCC(O)CC(=O)NC(CO)C(O)CCCCCCCCCCCCCCCCCC. The van der Waals surface area contributed by atoms with Crippen LogP contribution in [-0.2, 0) is 4.79 Å². The lowest BCUT2D eigenvalue weighted by Gasteiger charge is -2.23. The van der Waals surface area contributed by atoms with Gasteiger partial charge in [0.05, 0.1) is 31.3 Å². The number of rotatable bonds is 43. The minimum absolute atomic E-state index is 0.0340. The first-order valence-corrected chi connectivity index (χ1v) is 23.5. The third kappa shape index (κ3) is 38.8. The molecule has 1 amide bonds. The minimum atomic E-state index is -0.748. The van der Waals surface area contributed by atoms with Crippen LogP contribution in [0.5, 0.6) is 0 Å². The Hall–Kier alpha value is -0.910. The Bertz CT molecular complexity index is 728. The van der Waals surface area contributed by atoms with Gasteiger partial charge < -0.3 is 20.6 Å². The molecule has 3 atom stereocenters. The average Bonchev–Trinajstić information content (AvgIpc) is 3.14. The topological polar surface area (TPSA) is 89.8 Å². The third-order valence-corrected chi connectivity index (χ3v) is 11.1. The molecule has 0 aromatic rings. The van der Waals surface area contributed by atoms with Crippen LogP contribution in [0.4, 0.5) is 0 Å². The van der Waals surface area contributed by atoms with Gasteiger partial charge in [-0.05, 0) is 38.5 Å². The van der Waals surface area contributed by atoms with Crippen molar-refractivity contribution in [1.29, 1.82) is 0 Å². The Morgan fingerprint density at radius 3 is 1.12 bits per heavy atom. The van der Waals surface area contributed by atoms with Crippen LogP contribution in [0.3, 0.4) is 0 Å². The van der Waals surface area contributed by atoms with E-state index in [2.05, 4.69) is 31.3 Å². The predicted molar refractivity (Wildman–Crippen MR) is 227 cm³/mol. The molecule has 310 valence electrons. The lowest BCUT2D eigenvalue weighted by atomic mass is 10.0. The fourth-order valence-corrected chi connectivity index (χ4v) is 7.46. The number of hydrogen-bond donors (Lipinski definition) is 4. The molecule has 0 aliphatic heterocycles. The van der Waals surface area contributed by atoms with Crippen LogP contribution >= 0.6 is 0 Å². The summed E-state index contributed by atoms with van der Waals surface area (Å²) in [4.78, 5) is 12.5. The van der Waals surface area contributed by atoms with Gasteiger partial charge >= 0.3 is 0 Å². The molecule has 4 N–H and O–H groups in total. The van der Waals surface area contributed by atoms with Crippen LogP contribution in [0.25, 0.3) is 0 Å². The van der Waals surface area contributed by atoms with Crippen molar-refractivity contribution in [2.45, 2.75) is 276 Å². The zero-order valence-corrected chi connectivity index (χ0v) is 35.2. The van der Waals surface area contributed by atoms with Crippen molar-refractivity contribution in [2.24, 2.45) is 0 Å². The maximum atomic E-state index is 12.5. The number of aliphatic hydroxyl groups is 3.